The molecule has 0 unspecified atom stereocenters. The number of nitro groups is 1. The molecule has 0 spiro atoms. The Balaban J connectivity index is 2.06. The number of nitro benzene ring substituents is 1. The van der Waals surface area contributed by atoms with Gasteiger partial charge in [-0.25, -0.2) is 9.67 Å². The van der Waals surface area contributed by atoms with Crippen molar-refractivity contribution in [3.8, 4) is 0 Å². The van der Waals surface area contributed by atoms with Crippen LogP contribution in [0.2, 0.25) is 0 Å². The van der Waals surface area contributed by atoms with Gasteiger partial charge in [0.05, 0.1) is 11.5 Å². The molecule has 1 aromatic carbocycles. The summed E-state index contributed by atoms with van der Waals surface area (Å²) in [7, 11) is 0. The third kappa shape index (κ3) is 3.39. The van der Waals surface area contributed by atoms with E-state index in [1.165, 1.54) is 12.4 Å². The number of hydrogen-bond donors (Lipinski definition) is 1. The van der Waals surface area contributed by atoms with Crippen molar-refractivity contribution in [2.24, 2.45) is 0 Å². The van der Waals surface area contributed by atoms with Gasteiger partial charge in [0.2, 0.25) is 0 Å². The molecule has 0 aliphatic heterocycles. The van der Waals surface area contributed by atoms with Crippen molar-refractivity contribution >= 4 is 5.69 Å². The highest BCUT2D eigenvalue weighted by Crippen LogP contribution is 2.18. The molecule has 2 rings (SSSR count). The Morgan fingerprint density at radius 3 is 2.95 bits per heavy atom. The third-order valence-electron chi connectivity index (χ3n) is 3.01. The second-order valence-electron chi connectivity index (χ2n) is 4.32. The first-order valence-corrected chi connectivity index (χ1v) is 6.52. The molecule has 0 saturated heterocycles. The molecule has 0 saturated carbocycles. The van der Waals surface area contributed by atoms with Crippen LogP contribution in [0.25, 0.3) is 0 Å². The predicted molar refractivity (Wildman–Crippen MR) is 74.2 cm³/mol. The Kier molecular flexibility index (Phi) is 4.78. The lowest BCUT2D eigenvalue weighted by atomic mass is 10.1. The first-order chi connectivity index (χ1) is 9.72. The van der Waals surface area contributed by atoms with Crippen LogP contribution in [0.15, 0.2) is 30.6 Å². The van der Waals surface area contributed by atoms with Crippen molar-refractivity contribution in [3.05, 3.63) is 52.1 Å². The van der Waals surface area contributed by atoms with Gasteiger partial charge in [0.25, 0.3) is 5.69 Å². The molecule has 0 radical (unpaired) electrons. The highest BCUT2D eigenvalue weighted by atomic mass is 16.6. The summed E-state index contributed by atoms with van der Waals surface area (Å²) in [6, 6.07) is 6.78. The summed E-state index contributed by atoms with van der Waals surface area (Å²) < 4.78 is 1.78. The molecular weight excluding hydrogens is 258 g/mol. The number of para-hydroxylation sites is 1. The fourth-order valence-electron chi connectivity index (χ4n) is 1.98. The number of benzene rings is 1. The molecular formula is C13H17N5O2. The number of aryl methyl sites for hydroxylation is 2. The molecule has 0 fully saturated rings. The van der Waals surface area contributed by atoms with Gasteiger partial charge in [0.15, 0.2) is 0 Å². The predicted octanol–water partition coefficient (Wildman–Crippen LogP) is 1.54. The molecule has 1 aromatic heterocycles. The maximum absolute atomic E-state index is 11.0. The van der Waals surface area contributed by atoms with Gasteiger partial charge in [-0.05, 0) is 13.0 Å². The van der Waals surface area contributed by atoms with Gasteiger partial charge in [-0.1, -0.05) is 25.1 Å². The van der Waals surface area contributed by atoms with E-state index in [1.807, 2.05) is 13.0 Å². The van der Waals surface area contributed by atoms with Crippen LogP contribution in [0.3, 0.4) is 0 Å². The third-order valence-corrected chi connectivity index (χ3v) is 3.01. The van der Waals surface area contributed by atoms with Gasteiger partial charge in [0, 0.05) is 18.2 Å². The lowest BCUT2D eigenvalue weighted by Crippen LogP contribution is -2.17. The van der Waals surface area contributed by atoms with Crippen molar-refractivity contribution < 1.29 is 4.92 Å². The fraction of sp³-hybridized carbons (Fsp3) is 0.385. The monoisotopic (exact) mass is 275 g/mol. The van der Waals surface area contributed by atoms with Crippen LogP contribution in [-0.2, 0) is 19.5 Å². The van der Waals surface area contributed by atoms with Gasteiger partial charge in [-0.3, -0.25) is 10.1 Å². The minimum atomic E-state index is -0.351. The maximum Gasteiger partial charge on any atom is 0.272 e. The summed E-state index contributed by atoms with van der Waals surface area (Å²) in [5.74, 6) is 0.838. The zero-order valence-electron chi connectivity index (χ0n) is 11.3. The molecule has 20 heavy (non-hydrogen) atoms. The van der Waals surface area contributed by atoms with Crippen LogP contribution in [0, 0.1) is 10.1 Å². The Labute approximate surface area is 116 Å². The van der Waals surface area contributed by atoms with Gasteiger partial charge < -0.3 is 5.32 Å². The average Bonchev–Trinajstić information content (AvgIpc) is 2.90. The van der Waals surface area contributed by atoms with E-state index in [-0.39, 0.29) is 10.6 Å². The Morgan fingerprint density at radius 1 is 1.40 bits per heavy atom. The van der Waals surface area contributed by atoms with E-state index in [9.17, 15) is 10.1 Å². The standard InChI is InChI=1S/C13H17N5O2/c1-2-14-9-13-15-10-16-17(13)8-7-11-5-3-4-6-12(11)18(19)20/h3-6,10,14H,2,7-9H2,1H3. The second kappa shape index (κ2) is 6.76. The smallest absolute Gasteiger partial charge is 0.272 e. The number of rotatable bonds is 7. The zero-order valence-corrected chi connectivity index (χ0v) is 11.3. The van der Waals surface area contributed by atoms with Crippen LogP contribution in [0.1, 0.15) is 18.3 Å². The van der Waals surface area contributed by atoms with E-state index in [2.05, 4.69) is 15.4 Å². The van der Waals surface area contributed by atoms with Crippen molar-refractivity contribution in [1.82, 2.24) is 20.1 Å². The summed E-state index contributed by atoms with van der Waals surface area (Å²) in [5, 5.41) is 18.3. The molecule has 0 aliphatic rings. The van der Waals surface area contributed by atoms with Crippen molar-refractivity contribution in [2.75, 3.05) is 6.54 Å². The number of nitrogens with zero attached hydrogens (tertiary/aromatic N) is 4. The van der Waals surface area contributed by atoms with Gasteiger partial charge in [-0.2, -0.15) is 5.10 Å². The molecule has 0 atom stereocenters. The molecule has 7 nitrogen and oxygen atoms in total. The van der Waals surface area contributed by atoms with Crippen LogP contribution in [-0.4, -0.2) is 26.2 Å². The van der Waals surface area contributed by atoms with Crippen molar-refractivity contribution in [2.45, 2.75) is 26.4 Å². The molecule has 106 valence electrons. The van der Waals surface area contributed by atoms with Crippen LogP contribution < -0.4 is 5.32 Å². The van der Waals surface area contributed by atoms with E-state index >= 15 is 0 Å². The summed E-state index contributed by atoms with van der Waals surface area (Å²) in [6.45, 7) is 4.10. The van der Waals surface area contributed by atoms with E-state index in [1.54, 1.807) is 16.8 Å². The Hall–Kier alpha value is -2.28. The van der Waals surface area contributed by atoms with Crippen LogP contribution >= 0.6 is 0 Å². The molecule has 0 bridgehead atoms. The lowest BCUT2D eigenvalue weighted by Gasteiger charge is -2.07. The Morgan fingerprint density at radius 2 is 2.20 bits per heavy atom. The highest BCUT2D eigenvalue weighted by Gasteiger charge is 2.13. The maximum atomic E-state index is 11.0. The minimum Gasteiger partial charge on any atom is -0.310 e. The molecule has 7 heteroatoms. The summed E-state index contributed by atoms with van der Waals surface area (Å²) >= 11 is 0. The average molecular weight is 275 g/mol. The first kappa shape index (κ1) is 14.1. The summed E-state index contributed by atoms with van der Waals surface area (Å²) in [4.78, 5) is 14.8. The lowest BCUT2D eigenvalue weighted by molar-refractivity contribution is -0.385. The minimum absolute atomic E-state index is 0.154. The van der Waals surface area contributed by atoms with Gasteiger partial charge in [-0.15, -0.1) is 0 Å². The first-order valence-electron chi connectivity index (χ1n) is 6.52. The van der Waals surface area contributed by atoms with E-state index in [4.69, 9.17) is 0 Å². The van der Waals surface area contributed by atoms with Gasteiger partial charge >= 0.3 is 0 Å². The second-order valence-corrected chi connectivity index (χ2v) is 4.32. The normalized spacial score (nSPS) is 10.7. The topological polar surface area (TPSA) is 85.9 Å². The van der Waals surface area contributed by atoms with E-state index in [0.29, 0.717) is 25.1 Å². The van der Waals surface area contributed by atoms with Crippen molar-refractivity contribution in [3.63, 3.8) is 0 Å². The van der Waals surface area contributed by atoms with Crippen LogP contribution in [0.5, 0.6) is 0 Å². The quantitative estimate of drug-likeness (QED) is 0.612. The molecule has 0 amide bonds. The number of hydrogen-bond acceptors (Lipinski definition) is 5. The molecule has 0 aliphatic carbocycles. The van der Waals surface area contributed by atoms with Crippen LogP contribution in [0.4, 0.5) is 5.69 Å². The fourth-order valence-corrected chi connectivity index (χ4v) is 1.98. The molecule has 2 aromatic rings. The van der Waals surface area contributed by atoms with E-state index < -0.39 is 0 Å². The molecule has 1 heterocycles. The zero-order chi connectivity index (χ0) is 14.4. The highest BCUT2D eigenvalue weighted by molar-refractivity contribution is 5.39. The summed E-state index contributed by atoms with van der Waals surface area (Å²) in [6.07, 6.45) is 2.06. The summed E-state index contributed by atoms with van der Waals surface area (Å²) in [5.41, 5.74) is 0.864. The van der Waals surface area contributed by atoms with E-state index in [0.717, 1.165) is 12.4 Å². The number of aromatic nitrogens is 3. The van der Waals surface area contributed by atoms with Gasteiger partial charge in [0.1, 0.15) is 12.2 Å². The Bertz CT molecular complexity index is 582. The number of nitrogens with one attached hydrogen (secondary N) is 1. The largest absolute Gasteiger partial charge is 0.310 e. The SMILES string of the molecule is CCNCc1ncnn1CCc1ccccc1[N+](=O)[O-]. The molecule has 1 N–H and O–H groups in total. The van der Waals surface area contributed by atoms with Crippen molar-refractivity contribution in [1.29, 1.82) is 0 Å².